The lowest BCUT2D eigenvalue weighted by Crippen LogP contribution is -2.42. The van der Waals surface area contributed by atoms with Crippen LogP contribution in [0.4, 0.5) is 0 Å². The van der Waals surface area contributed by atoms with Crippen molar-refractivity contribution in [1.29, 1.82) is 0 Å². The van der Waals surface area contributed by atoms with Crippen molar-refractivity contribution in [3.8, 4) is 0 Å². The molecule has 1 unspecified atom stereocenters. The summed E-state index contributed by atoms with van der Waals surface area (Å²) in [6.45, 7) is 10.7. The van der Waals surface area contributed by atoms with Gasteiger partial charge in [-0.2, -0.15) is 0 Å². The third-order valence-corrected chi connectivity index (χ3v) is 6.49. The molecular formula is C20H28O3. The van der Waals surface area contributed by atoms with Crippen LogP contribution in [0.5, 0.6) is 0 Å². The third kappa shape index (κ3) is 2.08. The van der Waals surface area contributed by atoms with Gasteiger partial charge in [0, 0.05) is 22.1 Å². The summed E-state index contributed by atoms with van der Waals surface area (Å²) in [7, 11) is 1.51. The van der Waals surface area contributed by atoms with Crippen molar-refractivity contribution < 1.29 is 14.3 Å². The summed E-state index contributed by atoms with van der Waals surface area (Å²) < 4.78 is 5.41. The Kier molecular flexibility index (Phi) is 3.62. The zero-order chi connectivity index (χ0) is 17.2. The molecule has 0 saturated heterocycles. The van der Waals surface area contributed by atoms with Crippen molar-refractivity contribution >= 4 is 11.6 Å². The Hall–Kier alpha value is -1.38. The Morgan fingerprint density at radius 3 is 2.30 bits per heavy atom. The maximum absolute atomic E-state index is 13.2. The van der Waals surface area contributed by atoms with Gasteiger partial charge in [-0.15, -0.1) is 0 Å². The number of methoxy groups -OCH3 is 1. The molecule has 0 heterocycles. The second-order valence-corrected chi connectivity index (χ2v) is 8.63. The number of rotatable bonds is 2. The first kappa shape index (κ1) is 16.5. The van der Waals surface area contributed by atoms with E-state index in [1.54, 1.807) is 0 Å². The maximum atomic E-state index is 13.2. The summed E-state index contributed by atoms with van der Waals surface area (Å²) in [6.07, 6.45) is 4.02. The zero-order valence-corrected chi connectivity index (χ0v) is 15.2. The van der Waals surface area contributed by atoms with Gasteiger partial charge in [-0.3, -0.25) is 9.59 Å². The summed E-state index contributed by atoms with van der Waals surface area (Å²) >= 11 is 0. The highest BCUT2D eigenvalue weighted by molar-refractivity contribution is 6.25. The molecule has 0 aromatic rings. The standard InChI is InChI=1S/C20H28O3/c1-11(2)14-16(21)12-10-13-19(3,4)8-7-9-20(13,5)15(12)17(22)18(14)23-6/h11,13H,7-10H2,1-6H3/t13?,20-/m0/s1. The molecule has 126 valence electrons. The number of allylic oxidation sites excluding steroid dienone is 3. The number of ketones is 2. The molecule has 0 aliphatic heterocycles. The molecule has 0 bridgehead atoms. The Labute approximate surface area is 139 Å². The van der Waals surface area contributed by atoms with E-state index < -0.39 is 0 Å². The minimum atomic E-state index is -0.184. The zero-order valence-electron chi connectivity index (χ0n) is 15.2. The van der Waals surface area contributed by atoms with Gasteiger partial charge in [0.25, 0.3) is 0 Å². The summed E-state index contributed by atoms with van der Waals surface area (Å²) in [4.78, 5) is 26.3. The molecule has 23 heavy (non-hydrogen) atoms. The summed E-state index contributed by atoms with van der Waals surface area (Å²) in [5.74, 6) is 0.672. The highest BCUT2D eigenvalue weighted by atomic mass is 16.5. The lowest BCUT2D eigenvalue weighted by atomic mass is 9.56. The largest absolute Gasteiger partial charge is 0.492 e. The SMILES string of the molecule is COC1=C(C(C)C)C(=O)C2=C(C1=O)[C@@]1(C)CCCC(C)(C)C1C2. The van der Waals surface area contributed by atoms with Gasteiger partial charge in [0.15, 0.2) is 11.5 Å². The van der Waals surface area contributed by atoms with E-state index in [1.165, 1.54) is 7.11 Å². The van der Waals surface area contributed by atoms with Crippen LogP contribution < -0.4 is 0 Å². The summed E-state index contributed by atoms with van der Waals surface area (Å²) in [5, 5.41) is 0. The van der Waals surface area contributed by atoms with Crippen LogP contribution in [-0.2, 0) is 14.3 Å². The molecular weight excluding hydrogens is 288 g/mol. The van der Waals surface area contributed by atoms with E-state index in [4.69, 9.17) is 4.74 Å². The topological polar surface area (TPSA) is 43.4 Å². The highest BCUT2D eigenvalue weighted by Crippen LogP contribution is 2.63. The minimum absolute atomic E-state index is 0.00102. The van der Waals surface area contributed by atoms with Crippen LogP contribution in [0.15, 0.2) is 22.5 Å². The lowest BCUT2D eigenvalue weighted by molar-refractivity contribution is -0.120. The van der Waals surface area contributed by atoms with Gasteiger partial charge in [0.2, 0.25) is 5.78 Å². The Morgan fingerprint density at radius 1 is 1.09 bits per heavy atom. The van der Waals surface area contributed by atoms with Crippen LogP contribution in [0.3, 0.4) is 0 Å². The number of fused-ring (bicyclic) bond motifs is 2. The van der Waals surface area contributed by atoms with Crippen molar-refractivity contribution in [2.24, 2.45) is 22.7 Å². The van der Waals surface area contributed by atoms with Crippen molar-refractivity contribution in [1.82, 2.24) is 0 Å². The number of hydrogen-bond donors (Lipinski definition) is 0. The van der Waals surface area contributed by atoms with E-state index in [0.29, 0.717) is 11.5 Å². The molecule has 1 fully saturated rings. The van der Waals surface area contributed by atoms with Crippen LogP contribution in [0.1, 0.15) is 60.3 Å². The van der Waals surface area contributed by atoms with Crippen LogP contribution in [0.2, 0.25) is 0 Å². The number of hydrogen-bond acceptors (Lipinski definition) is 3. The fourth-order valence-electron chi connectivity index (χ4n) is 5.40. The Balaban J connectivity index is 2.15. The van der Waals surface area contributed by atoms with E-state index in [1.807, 2.05) is 13.8 Å². The molecule has 0 spiro atoms. The summed E-state index contributed by atoms with van der Waals surface area (Å²) in [5.41, 5.74) is 2.09. The quantitative estimate of drug-likeness (QED) is 0.716. The van der Waals surface area contributed by atoms with E-state index in [9.17, 15) is 9.59 Å². The molecule has 0 N–H and O–H groups in total. The van der Waals surface area contributed by atoms with Crippen LogP contribution in [-0.4, -0.2) is 18.7 Å². The average Bonchev–Trinajstić information content (AvgIpc) is 2.77. The van der Waals surface area contributed by atoms with Crippen LogP contribution in [0.25, 0.3) is 0 Å². The second-order valence-electron chi connectivity index (χ2n) is 8.63. The van der Waals surface area contributed by atoms with E-state index >= 15 is 0 Å². The normalized spacial score (nSPS) is 33.3. The van der Waals surface area contributed by atoms with Crippen molar-refractivity contribution in [3.63, 3.8) is 0 Å². The third-order valence-electron chi connectivity index (χ3n) is 6.49. The Morgan fingerprint density at radius 2 is 1.74 bits per heavy atom. The lowest BCUT2D eigenvalue weighted by Gasteiger charge is -2.48. The van der Waals surface area contributed by atoms with E-state index in [2.05, 4.69) is 20.8 Å². The number of ether oxygens (including phenoxy) is 1. The first-order chi connectivity index (χ1) is 10.6. The van der Waals surface area contributed by atoms with Crippen LogP contribution in [0, 0.1) is 22.7 Å². The number of Topliss-reactive ketones (excluding diaryl/α,β-unsaturated/α-hetero) is 2. The maximum Gasteiger partial charge on any atom is 0.224 e. The van der Waals surface area contributed by atoms with E-state index in [0.717, 1.165) is 36.8 Å². The molecule has 1 saturated carbocycles. The molecule has 3 rings (SSSR count). The van der Waals surface area contributed by atoms with E-state index in [-0.39, 0.29) is 34.1 Å². The first-order valence-corrected chi connectivity index (χ1v) is 8.76. The van der Waals surface area contributed by atoms with Crippen molar-refractivity contribution in [2.75, 3.05) is 7.11 Å². The molecule has 0 radical (unpaired) electrons. The molecule has 0 aromatic carbocycles. The van der Waals surface area contributed by atoms with Crippen LogP contribution >= 0.6 is 0 Å². The number of carbonyl (C=O) groups excluding carboxylic acids is 2. The number of carbonyl (C=O) groups is 2. The Bertz CT molecular complexity index is 648. The molecule has 0 amide bonds. The minimum Gasteiger partial charge on any atom is -0.492 e. The fraction of sp³-hybridized carbons (Fsp3) is 0.700. The molecule has 3 aliphatic carbocycles. The van der Waals surface area contributed by atoms with Crippen molar-refractivity contribution in [3.05, 3.63) is 22.5 Å². The molecule has 3 nitrogen and oxygen atoms in total. The van der Waals surface area contributed by atoms with Gasteiger partial charge >= 0.3 is 0 Å². The van der Waals surface area contributed by atoms with Crippen molar-refractivity contribution in [2.45, 2.75) is 60.3 Å². The first-order valence-electron chi connectivity index (χ1n) is 8.76. The molecule has 0 aromatic heterocycles. The fourth-order valence-corrected chi connectivity index (χ4v) is 5.40. The average molecular weight is 316 g/mol. The van der Waals surface area contributed by atoms with Gasteiger partial charge in [-0.05, 0) is 36.5 Å². The predicted octanol–water partition coefficient (Wildman–Crippen LogP) is 4.23. The smallest absolute Gasteiger partial charge is 0.224 e. The monoisotopic (exact) mass is 316 g/mol. The van der Waals surface area contributed by atoms with Gasteiger partial charge < -0.3 is 4.74 Å². The summed E-state index contributed by atoms with van der Waals surface area (Å²) in [6, 6.07) is 0. The van der Waals surface area contributed by atoms with Gasteiger partial charge in [0.1, 0.15) is 0 Å². The van der Waals surface area contributed by atoms with Gasteiger partial charge in [0.05, 0.1) is 7.11 Å². The highest BCUT2D eigenvalue weighted by Gasteiger charge is 2.58. The molecule has 3 heteroatoms. The second kappa shape index (κ2) is 5.06. The molecule has 2 atom stereocenters. The molecule has 3 aliphatic rings. The van der Waals surface area contributed by atoms with Gasteiger partial charge in [-0.25, -0.2) is 0 Å². The van der Waals surface area contributed by atoms with Gasteiger partial charge in [-0.1, -0.05) is 41.0 Å². The predicted molar refractivity (Wildman–Crippen MR) is 89.8 cm³/mol.